The van der Waals surface area contributed by atoms with Gasteiger partial charge in [0.1, 0.15) is 23.5 Å². The number of rotatable bonds is 7. The molecule has 6 nitrogen and oxygen atoms in total. The number of nitrogens with one attached hydrogen (secondary N) is 1. The van der Waals surface area contributed by atoms with Crippen LogP contribution in [0.2, 0.25) is 10.0 Å². The molecule has 1 amide bonds. The van der Waals surface area contributed by atoms with Crippen LogP contribution in [0.15, 0.2) is 36.7 Å². The zero-order valence-electron chi connectivity index (χ0n) is 12.0. The highest BCUT2D eigenvalue weighted by Crippen LogP contribution is 2.31. The summed E-state index contributed by atoms with van der Waals surface area (Å²) < 4.78 is 5.44. The first-order valence-electron chi connectivity index (χ1n) is 6.71. The predicted molar refractivity (Wildman–Crippen MR) is 89.2 cm³/mol. The largest absolute Gasteiger partial charge is 0.489 e. The van der Waals surface area contributed by atoms with Crippen LogP contribution in [0, 0.1) is 0 Å². The number of aromatic nitrogens is 1. The molecule has 1 atom stereocenters. The normalized spacial score (nSPS) is 11.8. The van der Waals surface area contributed by atoms with Crippen molar-refractivity contribution in [2.75, 3.05) is 18.5 Å². The molecule has 0 aliphatic rings. The minimum atomic E-state index is -0.834. The fourth-order valence-electron chi connectivity index (χ4n) is 1.81. The monoisotopic (exact) mass is 355 g/mol. The number of halogens is 2. The Morgan fingerprint density at radius 1 is 1.39 bits per heavy atom. The first kappa shape index (κ1) is 17.3. The van der Waals surface area contributed by atoms with Crippen LogP contribution in [0.4, 0.5) is 5.69 Å². The molecule has 1 aromatic carbocycles. The zero-order valence-corrected chi connectivity index (χ0v) is 13.5. The Bertz CT molecular complexity index is 697. The van der Waals surface area contributed by atoms with Gasteiger partial charge in [-0.1, -0.05) is 29.3 Å². The summed E-state index contributed by atoms with van der Waals surface area (Å²) in [4.78, 5) is 15.1. The fourth-order valence-corrected chi connectivity index (χ4v) is 2.16. The van der Waals surface area contributed by atoms with Gasteiger partial charge in [-0.25, -0.2) is 0 Å². The van der Waals surface area contributed by atoms with Gasteiger partial charge in [0.15, 0.2) is 0 Å². The van der Waals surface area contributed by atoms with Crippen molar-refractivity contribution in [1.82, 2.24) is 4.98 Å². The maximum Gasteiger partial charge on any atom is 0.252 e. The molecule has 23 heavy (non-hydrogen) atoms. The lowest BCUT2D eigenvalue weighted by molar-refractivity contribution is 0.1000. The van der Waals surface area contributed by atoms with E-state index in [1.54, 1.807) is 24.3 Å². The molecule has 0 aliphatic carbocycles. The van der Waals surface area contributed by atoms with Crippen LogP contribution in [-0.2, 0) is 0 Å². The topological polar surface area (TPSA) is 97.5 Å². The number of carbonyl (C=O) groups excluding carboxylic acids is 1. The van der Waals surface area contributed by atoms with E-state index in [0.29, 0.717) is 21.5 Å². The minimum absolute atomic E-state index is 0.00402. The number of anilines is 1. The van der Waals surface area contributed by atoms with Crippen molar-refractivity contribution in [2.24, 2.45) is 5.73 Å². The molecule has 0 bridgehead atoms. The lowest BCUT2D eigenvalue weighted by Crippen LogP contribution is -2.27. The van der Waals surface area contributed by atoms with E-state index in [1.165, 1.54) is 12.4 Å². The predicted octanol–water partition coefficient (Wildman–Crippen LogP) is 2.34. The van der Waals surface area contributed by atoms with Crippen molar-refractivity contribution in [3.05, 3.63) is 52.3 Å². The lowest BCUT2D eigenvalue weighted by atomic mass is 10.2. The third-order valence-corrected chi connectivity index (χ3v) is 3.76. The summed E-state index contributed by atoms with van der Waals surface area (Å²) in [6.07, 6.45) is 2.04. The SMILES string of the molecule is NC(=O)c1cnccc1NCC(O)COc1cccc(Cl)c1Cl. The highest BCUT2D eigenvalue weighted by Gasteiger charge is 2.12. The van der Waals surface area contributed by atoms with Crippen molar-refractivity contribution in [3.63, 3.8) is 0 Å². The second kappa shape index (κ2) is 8.01. The van der Waals surface area contributed by atoms with Crippen molar-refractivity contribution in [3.8, 4) is 5.75 Å². The van der Waals surface area contributed by atoms with Gasteiger partial charge in [0.05, 0.1) is 16.3 Å². The maximum absolute atomic E-state index is 11.3. The molecule has 0 fully saturated rings. The number of carbonyl (C=O) groups is 1. The van der Waals surface area contributed by atoms with E-state index in [1.807, 2.05) is 0 Å². The van der Waals surface area contributed by atoms with Crippen LogP contribution in [0.3, 0.4) is 0 Å². The second-order valence-corrected chi connectivity index (χ2v) is 5.47. The maximum atomic E-state index is 11.3. The summed E-state index contributed by atoms with van der Waals surface area (Å²) in [6.45, 7) is 0.159. The lowest BCUT2D eigenvalue weighted by Gasteiger charge is -2.16. The molecule has 0 aliphatic heterocycles. The smallest absolute Gasteiger partial charge is 0.252 e. The standard InChI is InChI=1S/C15H15Cl2N3O3/c16-11-2-1-3-13(14(11)17)23-8-9(21)6-20-12-4-5-19-7-10(12)15(18)22/h1-5,7,9,21H,6,8H2,(H2,18,22)(H,19,20). The minimum Gasteiger partial charge on any atom is -0.489 e. The Balaban J connectivity index is 1.90. The van der Waals surface area contributed by atoms with Crippen LogP contribution in [0.5, 0.6) is 5.75 Å². The highest BCUT2D eigenvalue weighted by molar-refractivity contribution is 6.42. The van der Waals surface area contributed by atoms with E-state index in [-0.39, 0.29) is 18.7 Å². The van der Waals surface area contributed by atoms with Gasteiger partial charge in [-0.05, 0) is 18.2 Å². The first-order valence-corrected chi connectivity index (χ1v) is 7.47. The molecule has 2 rings (SSSR count). The van der Waals surface area contributed by atoms with E-state index in [9.17, 15) is 9.90 Å². The van der Waals surface area contributed by atoms with Gasteiger partial charge < -0.3 is 20.9 Å². The van der Waals surface area contributed by atoms with Crippen LogP contribution >= 0.6 is 23.2 Å². The molecule has 1 heterocycles. The van der Waals surface area contributed by atoms with E-state index >= 15 is 0 Å². The number of nitrogens with two attached hydrogens (primary N) is 1. The first-order chi connectivity index (χ1) is 11.0. The summed E-state index contributed by atoms with van der Waals surface area (Å²) in [5, 5.41) is 13.6. The van der Waals surface area contributed by atoms with Crippen molar-refractivity contribution in [2.45, 2.75) is 6.10 Å². The third kappa shape index (κ3) is 4.72. The molecule has 8 heteroatoms. The van der Waals surface area contributed by atoms with Crippen LogP contribution in [0.1, 0.15) is 10.4 Å². The Morgan fingerprint density at radius 2 is 2.17 bits per heavy atom. The van der Waals surface area contributed by atoms with Gasteiger partial charge in [-0.2, -0.15) is 0 Å². The van der Waals surface area contributed by atoms with Crippen LogP contribution in [0.25, 0.3) is 0 Å². The van der Waals surface area contributed by atoms with Gasteiger partial charge in [0, 0.05) is 18.9 Å². The number of hydrogen-bond acceptors (Lipinski definition) is 5. The van der Waals surface area contributed by atoms with Crippen LogP contribution in [-0.4, -0.2) is 35.3 Å². The number of primary amides is 1. The summed E-state index contributed by atoms with van der Waals surface area (Å²) in [5.74, 6) is -0.211. The Kier molecular flexibility index (Phi) is 6.04. The molecular weight excluding hydrogens is 341 g/mol. The number of pyridine rings is 1. The number of aliphatic hydroxyl groups excluding tert-OH is 1. The molecule has 2 aromatic rings. The van der Waals surface area contributed by atoms with E-state index in [2.05, 4.69) is 10.3 Å². The Labute approximate surface area is 143 Å². The molecular formula is C15H15Cl2N3O3. The molecule has 1 aromatic heterocycles. The molecule has 122 valence electrons. The quantitative estimate of drug-likeness (QED) is 0.708. The van der Waals surface area contributed by atoms with E-state index in [0.717, 1.165) is 0 Å². The van der Waals surface area contributed by atoms with E-state index < -0.39 is 12.0 Å². The second-order valence-electron chi connectivity index (χ2n) is 4.68. The molecule has 1 unspecified atom stereocenters. The van der Waals surface area contributed by atoms with Crippen molar-refractivity contribution >= 4 is 34.8 Å². The Morgan fingerprint density at radius 3 is 2.91 bits per heavy atom. The number of nitrogens with zero attached hydrogens (tertiary/aromatic N) is 1. The Hall–Kier alpha value is -2.02. The third-order valence-electron chi connectivity index (χ3n) is 2.96. The number of aliphatic hydroxyl groups is 1. The summed E-state index contributed by atoms with van der Waals surface area (Å²) in [5.41, 5.74) is 5.99. The average Bonchev–Trinajstić information content (AvgIpc) is 2.54. The van der Waals surface area contributed by atoms with Gasteiger partial charge in [-0.15, -0.1) is 0 Å². The van der Waals surface area contributed by atoms with Crippen LogP contribution < -0.4 is 15.8 Å². The number of benzene rings is 1. The van der Waals surface area contributed by atoms with Gasteiger partial charge in [-0.3, -0.25) is 9.78 Å². The van der Waals surface area contributed by atoms with Crippen molar-refractivity contribution < 1.29 is 14.6 Å². The van der Waals surface area contributed by atoms with Gasteiger partial charge in [0.25, 0.3) is 5.91 Å². The van der Waals surface area contributed by atoms with E-state index in [4.69, 9.17) is 33.7 Å². The summed E-state index contributed by atoms with van der Waals surface area (Å²) in [6, 6.07) is 6.59. The fraction of sp³-hybridized carbons (Fsp3) is 0.200. The number of hydrogen-bond donors (Lipinski definition) is 3. The molecule has 4 N–H and O–H groups in total. The summed E-state index contributed by atoms with van der Waals surface area (Å²) >= 11 is 11.9. The molecule has 0 saturated heterocycles. The molecule has 0 radical (unpaired) electrons. The summed E-state index contributed by atoms with van der Waals surface area (Å²) in [7, 11) is 0. The number of ether oxygens (including phenoxy) is 1. The average molecular weight is 356 g/mol. The molecule has 0 saturated carbocycles. The van der Waals surface area contributed by atoms with Gasteiger partial charge >= 0.3 is 0 Å². The number of amides is 1. The molecule has 0 spiro atoms. The zero-order chi connectivity index (χ0) is 16.8. The van der Waals surface area contributed by atoms with Gasteiger partial charge in [0.2, 0.25) is 0 Å². The van der Waals surface area contributed by atoms with Crippen molar-refractivity contribution in [1.29, 1.82) is 0 Å². The highest BCUT2D eigenvalue weighted by atomic mass is 35.5.